The van der Waals surface area contributed by atoms with E-state index in [1.165, 1.54) is 6.42 Å². The van der Waals surface area contributed by atoms with Crippen LogP contribution in [0, 0.1) is 5.92 Å². The molecule has 5 nitrogen and oxygen atoms in total. The zero-order chi connectivity index (χ0) is 11.8. The molecule has 90 valence electrons. The number of H-pyrrole nitrogens is 1. The first kappa shape index (κ1) is 10.5. The van der Waals surface area contributed by atoms with E-state index in [0.717, 1.165) is 35.9 Å². The van der Waals surface area contributed by atoms with Crippen molar-refractivity contribution in [2.45, 2.75) is 13.3 Å². The number of hydrogen-bond acceptors (Lipinski definition) is 4. The third-order valence-electron chi connectivity index (χ3n) is 3.47. The smallest absolute Gasteiger partial charge is 0.155 e. The fraction of sp³-hybridized carbons (Fsp3) is 0.500. The second-order valence-electron chi connectivity index (χ2n) is 4.77. The fourth-order valence-electron chi connectivity index (χ4n) is 2.43. The maximum atomic E-state index is 4.40. The van der Waals surface area contributed by atoms with Gasteiger partial charge in [-0.25, -0.2) is 15.0 Å². The Hall–Kier alpha value is -1.62. The van der Waals surface area contributed by atoms with Crippen LogP contribution in [0.25, 0.3) is 11.0 Å². The van der Waals surface area contributed by atoms with E-state index in [0.29, 0.717) is 0 Å². The van der Waals surface area contributed by atoms with Crippen molar-refractivity contribution < 1.29 is 0 Å². The lowest BCUT2D eigenvalue weighted by Gasteiger charge is -2.29. The number of fused-ring (bicyclic) bond motifs is 1. The molecule has 1 atom stereocenters. The Balaban J connectivity index is 1.95. The maximum absolute atomic E-state index is 4.40. The molecule has 17 heavy (non-hydrogen) atoms. The van der Waals surface area contributed by atoms with Crippen molar-refractivity contribution in [3.05, 3.63) is 18.6 Å². The Morgan fingerprint density at radius 3 is 3.12 bits per heavy atom. The quantitative estimate of drug-likeness (QED) is 0.853. The summed E-state index contributed by atoms with van der Waals surface area (Å²) in [5.74, 6) is 1.74. The van der Waals surface area contributed by atoms with E-state index < -0.39 is 0 Å². The molecule has 3 rings (SSSR count). The van der Waals surface area contributed by atoms with E-state index in [1.54, 1.807) is 6.33 Å². The van der Waals surface area contributed by atoms with Gasteiger partial charge in [-0.1, -0.05) is 6.92 Å². The fourth-order valence-corrected chi connectivity index (χ4v) is 2.43. The summed E-state index contributed by atoms with van der Waals surface area (Å²) in [6.07, 6.45) is 4.78. The van der Waals surface area contributed by atoms with Crippen molar-refractivity contribution in [1.29, 1.82) is 0 Å². The average Bonchev–Trinajstić information content (AvgIpc) is 2.95. The summed E-state index contributed by atoms with van der Waals surface area (Å²) in [5, 5.41) is 5.58. The minimum absolute atomic E-state index is 0.765. The van der Waals surface area contributed by atoms with Gasteiger partial charge in [0.05, 0.1) is 5.39 Å². The van der Waals surface area contributed by atoms with Gasteiger partial charge in [0.25, 0.3) is 0 Å². The van der Waals surface area contributed by atoms with Gasteiger partial charge in [-0.2, -0.15) is 0 Å². The topological polar surface area (TPSA) is 48.1 Å². The normalized spacial score (nSPS) is 21.2. The summed E-state index contributed by atoms with van der Waals surface area (Å²) in [7, 11) is 2.08. The highest BCUT2D eigenvalue weighted by molar-refractivity contribution is 5.86. The number of hydrazine groups is 1. The van der Waals surface area contributed by atoms with Crippen LogP contribution >= 0.6 is 0 Å². The molecule has 0 spiro atoms. The highest BCUT2D eigenvalue weighted by Crippen LogP contribution is 2.25. The molecule has 5 heteroatoms. The monoisotopic (exact) mass is 231 g/mol. The first-order valence-corrected chi connectivity index (χ1v) is 6.02. The Morgan fingerprint density at radius 2 is 2.35 bits per heavy atom. The molecule has 2 aromatic heterocycles. The van der Waals surface area contributed by atoms with Gasteiger partial charge < -0.3 is 4.98 Å². The second-order valence-corrected chi connectivity index (χ2v) is 4.77. The molecule has 0 bridgehead atoms. The zero-order valence-corrected chi connectivity index (χ0v) is 10.2. The van der Waals surface area contributed by atoms with Crippen LogP contribution in [0.4, 0.5) is 5.82 Å². The predicted molar refractivity (Wildman–Crippen MR) is 67.6 cm³/mol. The standard InChI is InChI=1S/C12H17N5/c1-9-4-6-17(7-9)16(2)12-10-3-5-13-11(10)14-8-15-12/h3,5,8-9H,4,6-7H2,1-2H3,(H,13,14,15)/t9-/m1/s1. The van der Waals surface area contributed by atoms with E-state index in [2.05, 4.69) is 38.9 Å². The molecule has 0 aliphatic carbocycles. The van der Waals surface area contributed by atoms with Gasteiger partial charge in [0.1, 0.15) is 12.0 Å². The number of aromatic amines is 1. The van der Waals surface area contributed by atoms with Gasteiger partial charge in [0, 0.05) is 26.3 Å². The molecule has 0 amide bonds. The summed E-state index contributed by atoms with van der Waals surface area (Å²) in [4.78, 5) is 11.7. The lowest BCUT2D eigenvalue weighted by atomic mass is 10.2. The Kier molecular flexibility index (Phi) is 2.48. The van der Waals surface area contributed by atoms with Crippen LogP contribution in [-0.4, -0.2) is 40.1 Å². The molecular weight excluding hydrogens is 214 g/mol. The molecular formula is C12H17N5. The number of nitrogens with zero attached hydrogens (tertiary/aromatic N) is 4. The van der Waals surface area contributed by atoms with E-state index in [9.17, 15) is 0 Å². The molecule has 0 unspecified atom stereocenters. The van der Waals surface area contributed by atoms with Crippen LogP contribution in [0.3, 0.4) is 0 Å². The minimum atomic E-state index is 0.765. The maximum Gasteiger partial charge on any atom is 0.155 e. The van der Waals surface area contributed by atoms with Gasteiger partial charge in [0.2, 0.25) is 0 Å². The van der Waals surface area contributed by atoms with Crippen molar-refractivity contribution in [3.63, 3.8) is 0 Å². The predicted octanol–water partition coefficient (Wildman–Crippen LogP) is 1.65. The Bertz CT molecular complexity index is 520. The van der Waals surface area contributed by atoms with Crippen molar-refractivity contribution >= 4 is 16.9 Å². The summed E-state index contributed by atoms with van der Waals surface area (Å²) in [6.45, 7) is 4.50. The van der Waals surface area contributed by atoms with Crippen LogP contribution in [0.5, 0.6) is 0 Å². The van der Waals surface area contributed by atoms with Crippen LogP contribution in [0.15, 0.2) is 18.6 Å². The van der Waals surface area contributed by atoms with E-state index >= 15 is 0 Å². The van der Waals surface area contributed by atoms with Crippen molar-refractivity contribution in [3.8, 4) is 0 Å². The largest absolute Gasteiger partial charge is 0.346 e. The third-order valence-corrected chi connectivity index (χ3v) is 3.47. The van der Waals surface area contributed by atoms with E-state index in [-0.39, 0.29) is 0 Å². The molecule has 1 saturated heterocycles. The van der Waals surface area contributed by atoms with Crippen LogP contribution in [0.1, 0.15) is 13.3 Å². The van der Waals surface area contributed by atoms with Crippen molar-refractivity contribution in [2.24, 2.45) is 5.92 Å². The third kappa shape index (κ3) is 1.76. The van der Waals surface area contributed by atoms with Gasteiger partial charge >= 0.3 is 0 Å². The van der Waals surface area contributed by atoms with Gasteiger partial charge in [-0.3, -0.25) is 5.01 Å². The number of aromatic nitrogens is 3. The number of hydrogen-bond donors (Lipinski definition) is 1. The molecule has 3 heterocycles. The molecule has 1 aliphatic heterocycles. The molecule has 1 fully saturated rings. The van der Waals surface area contributed by atoms with Crippen molar-refractivity contribution in [2.75, 3.05) is 25.1 Å². The first-order chi connectivity index (χ1) is 8.25. The lowest BCUT2D eigenvalue weighted by molar-refractivity contribution is 0.316. The van der Waals surface area contributed by atoms with Crippen molar-refractivity contribution in [1.82, 2.24) is 20.0 Å². The number of anilines is 1. The van der Waals surface area contributed by atoms with Crippen LogP contribution < -0.4 is 5.01 Å². The summed E-state index contributed by atoms with van der Waals surface area (Å²) < 4.78 is 0. The lowest BCUT2D eigenvalue weighted by Crippen LogP contribution is -2.38. The molecule has 2 aromatic rings. The van der Waals surface area contributed by atoms with Gasteiger partial charge in [-0.15, -0.1) is 0 Å². The Labute approximate surface area is 100 Å². The minimum Gasteiger partial charge on any atom is -0.346 e. The SMILES string of the molecule is C[C@@H]1CCN(N(C)c2ncnc3[nH]ccc23)C1. The van der Waals surface area contributed by atoms with Crippen LogP contribution in [0.2, 0.25) is 0 Å². The van der Waals surface area contributed by atoms with E-state index in [4.69, 9.17) is 0 Å². The first-order valence-electron chi connectivity index (χ1n) is 6.02. The molecule has 0 radical (unpaired) electrons. The summed E-state index contributed by atoms with van der Waals surface area (Å²) in [6, 6.07) is 2.03. The molecule has 0 aromatic carbocycles. The van der Waals surface area contributed by atoms with E-state index in [1.807, 2.05) is 12.3 Å². The Morgan fingerprint density at radius 1 is 1.47 bits per heavy atom. The molecule has 0 saturated carbocycles. The van der Waals surface area contributed by atoms with Gasteiger partial charge in [-0.05, 0) is 18.4 Å². The highest BCUT2D eigenvalue weighted by atomic mass is 15.6. The number of rotatable bonds is 2. The summed E-state index contributed by atoms with van der Waals surface area (Å²) in [5.41, 5.74) is 0.897. The average molecular weight is 231 g/mol. The van der Waals surface area contributed by atoms with Crippen LogP contribution in [-0.2, 0) is 0 Å². The highest BCUT2D eigenvalue weighted by Gasteiger charge is 2.23. The number of nitrogens with one attached hydrogen (secondary N) is 1. The van der Waals surface area contributed by atoms with Gasteiger partial charge in [0.15, 0.2) is 5.82 Å². The molecule has 1 N–H and O–H groups in total. The molecule has 1 aliphatic rings. The summed E-state index contributed by atoms with van der Waals surface area (Å²) >= 11 is 0. The second kappa shape index (κ2) is 4.00. The zero-order valence-electron chi connectivity index (χ0n) is 10.2.